The van der Waals surface area contributed by atoms with Gasteiger partial charge in [0.15, 0.2) is 5.78 Å². The number of carbonyl (C=O) groups is 6. The number of rotatable bonds is 10. The lowest BCUT2D eigenvalue weighted by Gasteiger charge is -2.42. The molecule has 0 aromatic heterocycles. The number of piperidine rings is 1. The lowest BCUT2D eigenvalue weighted by Crippen LogP contribution is -2.61. The maximum atomic E-state index is 14.6. The van der Waals surface area contributed by atoms with E-state index in [1.54, 1.807) is 53.0 Å². The van der Waals surface area contributed by atoms with Crippen LogP contribution in [0.3, 0.4) is 0 Å². The summed E-state index contributed by atoms with van der Waals surface area (Å²) in [6, 6.07) is -1.17. The SMILES string of the molecule is CO[C@H]1C[C@@H]2CC[C@@H](C)[C@@](O)(O2)C(=O)C(=O)N2CCCC[C@H]2C(=O)O[C@H]([C@H](C)C[C@@H]2CC[C@@H](OC(=O)N(C)CCN3CCOCC3)[C@H](OC)C2)CC(=O)[C@H](C)/C=C(\C)[C@@H](O)[C@@H](OC)C(=O)[C@H](C)C[C@H](C)/C=C/C=C/C=C/1C. The van der Waals surface area contributed by atoms with Crippen LogP contribution in [0.25, 0.3) is 0 Å². The smallest absolute Gasteiger partial charge is 0.409 e. The molecule has 15 atom stereocenters. The highest BCUT2D eigenvalue weighted by Gasteiger charge is 2.53. The molecular weight excluding hydrogens is 991 g/mol. The molecule has 3 saturated heterocycles. The molecule has 4 heterocycles. The highest BCUT2D eigenvalue weighted by Crippen LogP contribution is 2.38. The van der Waals surface area contributed by atoms with E-state index in [0.29, 0.717) is 96.1 Å². The molecule has 0 spiro atoms. The summed E-state index contributed by atoms with van der Waals surface area (Å²) in [5.74, 6) is -8.29. The first-order valence-electron chi connectivity index (χ1n) is 28.3. The van der Waals surface area contributed by atoms with Gasteiger partial charge in [-0.15, -0.1) is 0 Å². The highest BCUT2D eigenvalue weighted by atomic mass is 16.6. The van der Waals surface area contributed by atoms with E-state index in [0.717, 1.165) is 18.7 Å². The third kappa shape index (κ3) is 17.7. The van der Waals surface area contributed by atoms with E-state index in [4.69, 9.17) is 33.2 Å². The number of likely N-dealkylation sites (N-methyl/N-ethyl adjacent to an activating group) is 1. The van der Waals surface area contributed by atoms with Crippen LogP contribution in [-0.2, 0) is 57.1 Å². The Morgan fingerprint density at radius 3 is 2.27 bits per heavy atom. The van der Waals surface area contributed by atoms with Gasteiger partial charge in [-0.3, -0.25) is 24.1 Å². The number of allylic oxidation sites excluding steroid dienone is 6. The van der Waals surface area contributed by atoms with Crippen molar-refractivity contribution in [1.82, 2.24) is 14.7 Å². The van der Waals surface area contributed by atoms with E-state index < -0.39 is 102 Å². The molecule has 5 rings (SSSR count). The van der Waals surface area contributed by atoms with Crippen molar-refractivity contribution in [2.24, 2.45) is 35.5 Å². The number of hydrogen-bond donors (Lipinski definition) is 2. The number of carbonyl (C=O) groups excluding carboxylic acids is 6. The zero-order valence-corrected chi connectivity index (χ0v) is 48.0. The number of ketones is 3. The molecule has 0 aromatic carbocycles. The molecule has 77 heavy (non-hydrogen) atoms. The first kappa shape index (κ1) is 63.7. The maximum absolute atomic E-state index is 14.6. The van der Waals surface area contributed by atoms with Crippen LogP contribution in [0.2, 0.25) is 0 Å². The standard InChI is InChI=1S/C59H93N3O15/c1-37-17-13-12-14-18-38(2)49(71-9)35-45-22-20-43(7)59(70,77-45)55(66)56(67)62-24-16-15-19-46(62)57(68)75-50(36-47(63)39(3)32-42(6)53(65)54(73-11)52(64)41(5)31-37)40(4)33-44-21-23-48(51(34-44)72-10)76-58(69)60(8)25-26-61-27-29-74-30-28-61/h12-14,17-18,32,37,39-41,43-46,48-51,53-54,65,70H,15-16,19-31,33-36H2,1-11H3/b14-12+,17-13+,38-18+,42-32+/t37-,39-,40-,41-,43-,44+,45+,46+,48-,49+,50+,51-,53-,54+,59-/m1/s1. The summed E-state index contributed by atoms with van der Waals surface area (Å²) < 4.78 is 41.4. The summed E-state index contributed by atoms with van der Waals surface area (Å²) in [6.07, 6.45) is 10.4. The van der Waals surface area contributed by atoms with Gasteiger partial charge in [-0.05, 0) is 107 Å². The van der Waals surface area contributed by atoms with Crippen molar-refractivity contribution in [2.75, 3.05) is 74.3 Å². The summed E-state index contributed by atoms with van der Waals surface area (Å²) in [6.45, 7) is 16.9. The van der Waals surface area contributed by atoms with E-state index in [2.05, 4.69) is 4.90 Å². The van der Waals surface area contributed by atoms with Crippen molar-refractivity contribution in [3.05, 3.63) is 47.6 Å². The fourth-order valence-corrected chi connectivity index (χ4v) is 11.7. The van der Waals surface area contributed by atoms with Gasteiger partial charge in [-0.2, -0.15) is 0 Å². The van der Waals surface area contributed by atoms with Crippen LogP contribution in [0.5, 0.6) is 0 Å². The molecule has 5 aliphatic rings. The Morgan fingerprint density at radius 2 is 1.58 bits per heavy atom. The van der Waals surface area contributed by atoms with Gasteiger partial charge < -0.3 is 53.2 Å². The second kappa shape index (κ2) is 30.4. The highest BCUT2D eigenvalue weighted by molar-refractivity contribution is 6.39. The van der Waals surface area contributed by atoms with Crippen molar-refractivity contribution < 1.29 is 72.1 Å². The van der Waals surface area contributed by atoms with Gasteiger partial charge in [-0.25, -0.2) is 9.59 Å². The predicted molar refractivity (Wildman–Crippen MR) is 289 cm³/mol. The Balaban J connectivity index is 1.40. The molecule has 2 amide bonds. The van der Waals surface area contributed by atoms with Crippen LogP contribution in [0.1, 0.15) is 126 Å². The molecule has 2 bridgehead atoms. The second-order valence-electron chi connectivity index (χ2n) is 22.8. The number of amides is 2. The molecule has 2 N–H and O–H groups in total. The monoisotopic (exact) mass is 1080 g/mol. The number of Topliss-reactive ketones (excluding diaryl/α,β-unsaturated/α-hetero) is 3. The van der Waals surface area contributed by atoms with Gasteiger partial charge in [-0.1, -0.05) is 71.1 Å². The average Bonchev–Trinajstić information content (AvgIpc) is 3.43. The Kier molecular flexibility index (Phi) is 25.2. The van der Waals surface area contributed by atoms with Crippen molar-refractivity contribution in [3.8, 4) is 0 Å². The van der Waals surface area contributed by atoms with Gasteiger partial charge in [0.05, 0.1) is 31.5 Å². The largest absolute Gasteiger partial charge is 0.460 e. The zero-order valence-electron chi connectivity index (χ0n) is 48.0. The molecule has 1 saturated carbocycles. The summed E-state index contributed by atoms with van der Waals surface area (Å²) in [5.41, 5.74) is 1.25. The first-order chi connectivity index (χ1) is 36.6. The van der Waals surface area contributed by atoms with Gasteiger partial charge in [0.2, 0.25) is 5.79 Å². The Labute approximate surface area is 458 Å². The predicted octanol–water partition coefficient (Wildman–Crippen LogP) is 6.59. The molecule has 0 radical (unpaired) electrons. The topological polar surface area (TPSA) is 217 Å². The fraction of sp³-hybridized carbons (Fsp3) is 0.763. The van der Waals surface area contributed by atoms with Crippen LogP contribution in [-0.4, -0.2) is 189 Å². The van der Waals surface area contributed by atoms with Crippen molar-refractivity contribution >= 4 is 35.3 Å². The normalized spacial score (nSPS) is 37.3. The number of morpholine rings is 1. The summed E-state index contributed by atoms with van der Waals surface area (Å²) in [5, 5.41) is 23.6. The Hall–Kier alpha value is -4.14. The molecule has 4 aliphatic heterocycles. The summed E-state index contributed by atoms with van der Waals surface area (Å²) in [4.78, 5) is 89.9. The Bertz CT molecular complexity index is 2100. The van der Waals surface area contributed by atoms with Crippen LogP contribution < -0.4 is 0 Å². The molecule has 1 aliphatic carbocycles. The molecule has 434 valence electrons. The zero-order chi connectivity index (χ0) is 56.6. The van der Waals surface area contributed by atoms with E-state index in [9.17, 15) is 39.0 Å². The number of esters is 1. The van der Waals surface area contributed by atoms with Crippen LogP contribution in [0, 0.1) is 35.5 Å². The van der Waals surface area contributed by atoms with Crippen molar-refractivity contribution in [2.45, 2.75) is 180 Å². The maximum Gasteiger partial charge on any atom is 0.409 e. The minimum absolute atomic E-state index is 0.00385. The van der Waals surface area contributed by atoms with E-state index in [1.807, 2.05) is 58.1 Å². The van der Waals surface area contributed by atoms with E-state index >= 15 is 0 Å². The quantitative estimate of drug-likeness (QED) is 0.134. The minimum Gasteiger partial charge on any atom is -0.460 e. The molecule has 0 unspecified atom stereocenters. The number of hydrogen-bond acceptors (Lipinski definition) is 16. The number of aliphatic hydroxyl groups excluding tert-OH is 1. The fourth-order valence-electron chi connectivity index (χ4n) is 11.7. The third-order valence-electron chi connectivity index (χ3n) is 16.9. The number of nitrogens with zero attached hydrogens (tertiary/aromatic N) is 3. The molecule has 18 heteroatoms. The molecule has 18 nitrogen and oxygen atoms in total. The van der Waals surface area contributed by atoms with Crippen LogP contribution in [0.4, 0.5) is 4.79 Å². The number of ether oxygens (including phenoxy) is 7. The molecule has 0 aromatic rings. The lowest BCUT2D eigenvalue weighted by atomic mass is 9.78. The van der Waals surface area contributed by atoms with Gasteiger partial charge >= 0.3 is 12.1 Å². The lowest BCUT2D eigenvalue weighted by molar-refractivity contribution is -0.265. The first-order valence-corrected chi connectivity index (χ1v) is 28.3. The van der Waals surface area contributed by atoms with Gasteiger partial charge in [0, 0.05) is 91.7 Å². The van der Waals surface area contributed by atoms with E-state index in [-0.39, 0.29) is 42.8 Å². The van der Waals surface area contributed by atoms with Gasteiger partial charge in [0.25, 0.3) is 11.7 Å². The van der Waals surface area contributed by atoms with Crippen LogP contribution >= 0.6 is 0 Å². The van der Waals surface area contributed by atoms with E-state index in [1.165, 1.54) is 12.0 Å². The summed E-state index contributed by atoms with van der Waals surface area (Å²) >= 11 is 0. The van der Waals surface area contributed by atoms with Crippen molar-refractivity contribution in [3.63, 3.8) is 0 Å². The minimum atomic E-state index is -2.45. The number of cyclic esters (lactones) is 1. The summed E-state index contributed by atoms with van der Waals surface area (Å²) in [7, 11) is 6.27. The number of aliphatic hydroxyl groups is 2. The van der Waals surface area contributed by atoms with Crippen molar-refractivity contribution in [1.29, 1.82) is 0 Å². The molecular formula is C59H93N3O15. The Morgan fingerprint density at radius 1 is 0.857 bits per heavy atom. The van der Waals surface area contributed by atoms with Gasteiger partial charge in [0.1, 0.15) is 36.2 Å². The second-order valence-corrected chi connectivity index (χ2v) is 22.8. The van der Waals surface area contributed by atoms with Crippen LogP contribution in [0.15, 0.2) is 47.6 Å². The third-order valence-corrected chi connectivity index (χ3v) is 16.9. The number of fused-ring (bicyclic) bond motifs is 3. The number of methoxy groups -OCH3 is 3. The molecule has 4 fully saturated rings. The average molecular weight is 1080 g/mol.